The molecule has 0 aromatic carbocycles. The van der Waals surface area contributed by atoms with Gasteiger partial charge < -0.3 is 15.0 Å². The highest BCUT2D eigenvalue weighted by Gasteiger charge is 2.08. The Bertz CT molecular complexity index is 387. The average Bonchev–Trinajstić information content (AvgIpc) is 2.49. The summed E-state index contributed by atoms with van der Waals surface area (Å²) in [6, 6.07) is 0.365. The molecule has 0 saturated carbocycles. The molecule has 0 aliphatic heterocycles. The molecule has 0 fully saturated rings. The molecule has 0 unspecified atom stereocenters. The third-order valence-electron chi connectivity index (χ3n) is 2.84. The fourth-order valence-corrected chi connectivity index (χ4v) is 2.44. The number of aromatic nitrogens is 3. The molecular weight excluding hydrogens is 274 g/mol. The zero-order valence-corrected chi connectivity index (χ0v) is 13.7. The molecule has 1 heterocycles. The van der Waals surface area contributed by atoms with Gasteiger partial charge in [0.2, 0.25) is 5.95 Å². The van der Waals surface area contributed by atoms with E-state index < -0.39 is 0 Å². The van der Waals surface area contributed by atoms with Crippen LogP contribution in [0.2, 0.25) is 0 Å². The van der Waals surface area contributed by atoms with Crippen LogP contribution < -0.4 is 10.1 Å². The molecule has 0 aliphatic carbocycles. The number of hydrogen-bond donors (Lipinski definition) is 1. The standard InChI is InChI=1S/C13H25N5OS/c1-5-8-14-11-15-12(19-4)17-13(16-11)20-10-9-18(6-2)7-3/h5-10H2,1-4H3,(H,14,15,16,17). The Morgan fingerprint density at radius 2 is 1.90 bits per heavy atom. The maximum Gasteiger partial charge on any atom is 0.321 e. The molecule has 0 aliphatic rings. The van der Waals surface area contributed by atoms with Crippen LogP contribution in [-0.2, 0) is 0 Å². The van der Waals surface area contributed by atoms with Gasteiger partial charge in [-0.2, -0.15) is 15.0 Å². The Morgan fingerprint density at radius 1 is 1.15 bits per heavy atom. The zero-order chi connectivity index (χ0) is 14.8. The molecule has 7 heteroatoms. The van der Waals surface area contributed by atoms with Gasteiger partial charge in [-0.05, 0) is 19.5 Å². The molecular formula is C13H25N5OS. The maximum absolute atomic E-state index is 5.12. The van der Waals surface area contributed by atoms with Gasteiger partial charge in [-0.25, -0.2) is 0 Å². The molecule has 6 nitrogen and oxygen atoms in total. The van der Waals surface area contributed by atoms with Crippen LogP contribution in [0.5, 0.6) is 6.01 Å². The van der Waals surface area contributed by atoms with Crippen molar-refractivity contribution in [1.82, 2.24) is 19.9 Å². The number of hydrogen-bond acceptors (Lipinski definition) is 7. The van der Waals surface area contributed by atoms with Gasteiger partial charge in [0.15, 0.2) is 5.16 Å². The number of methoxy groups -OCH3 is 1. The summed E-state index contributed by atoms with van der Waals surface area (Å²) >= 11 is 1.63. The second-order valence-electron chi connectivity index (χ2n) is 4.23. The van der Waals surface area contributed by atoms with Gasteiger partial charge in [-0.15, -0.1) is 0 Å². The molecule has 0 radical (unpaired) electrons. The zero-order valence-electron chi connectivity index (χ0n) is 12.8. The normalized spacial score (nSPS) is 10.8. The van der Waals surface area contributed by atoms with Gasteiger partial charge in [0.05, 0.1) is 7.11 Å². The summed E-state index contributed by atoms with van der Waals surface area (Å²) in [5.41, 5.74) is 0. The minimum absolute atomic E-state index is 0.365. The summed E-state index contributed by atoms with van der Waals surface area (Å²) in [7, 11) is 1.57. The summed E-state index contributed by atoms with van der Waals surface area (Å²) in [6.45, 7) is 10.5. The Hall–Kier alpha value is -1.08. The summed E-state index contributed by atoms with van der Waals surface area (Å²) < 4.78 is 5.12. The number of ether oxygens (including phenoxy) is 1. The van der Waals surface area contributed by atoms with Gasteiger partial charge in [-0.1, -0.05) is 32.5 Å². The maximum atomic E-state index is 5.12. The van der Waals surface area contributed by atoms with E-state index in [1.165, 1.54) is 0 Å². The molecule has 0 spiro atoms. The summed E-state index contributed by atoms with van der Waals surface area (Å²) in [6.07, 6.45) is 1.03. The van der Waals surface area contributed by atoms with E-state index in [-0.39, 0.29) is 0 Å². The van der Waals surface area contributed by atoms with E-state index in [2.05, 4.69) is 45.9 Å². The van der Waals surface area contributed by atoms with E-state index in [1.54, 1.807) is 18.9 Å². The highest BCUT2D eigenvalue weighted by molar-refractivity contribution is 7.99. The van der Waals surface area contributed by atoms with Crippen LogP contribution in [0.25, 0.3) is 0 Å². The SMILES string of the molecule is CCCNc1nc(OC)nc(SCCN(CC)CC)n1. The van der Waals surface area contributed by atoms with E-state index >= 15 is 0 Å². The minimum atomic E-state index is 0.365. The molecule has 1 N–H and O–H groups in total. The predicted molar refractivity (Wildman–Crippen MR) is 83.7 cm³/mol. The van der Waals surface area contributed by atoms with Crippen LogP contribution in [-0.4, -0.2) is 58.9 Å². The summed E-state index contributed by atoms with van der Waals surface area (Å²) in [5, 5.41) is 3.88. The lowest BCUT2D eigenvalue weighted by molar-refractivity contribution is 0.323. The smallest absolute Gasteiger partial charge is 0.321 e. The first-order chi connectivity index (χ1) is 9.73. The van der Waals surface area contributed by atoms with Crippen molar-refractivity contribution in [3.8, 4) is 6.01 Å². The molecule has 1 rings (SSSR count). The molecule has 1 aromatic rings. The van der Waals surface area contributed by atoms with Crippen molar-refractivity contribution < 1.29 is 4.74 Å². The monoisotopic (exact) mass is 299 g/mol. The van der Waals surface area contributed by atoms with Crippen LogP contribution in [0, 0.1) is 0 Å². The van der Waals surface area contributed by atoms with Crippen molar-refractivity contribution in [1.29, 1.82) is 0 Å². The van der Waals surface area contributed by atoms with E-state index in [9.17, 15) is 0 Å². The molecule has 114 valence electrons. The van der Waals surface area contributed by atoms with Crippen molar-refractivity contribution in [2.75, 3.05) is 44.4 Å². The van der Waals surface area contributed by atoms with Gasteiger partial charge in [-0.3, -0.25) is 0 Å². The fraction of sp³-hybridized carbons (Fsp3) is 0.769. The number of nitrogens with one attached hydrogen (secondary N) is 1. The number of anilines is 1. The number of rotatable bonds is 10. The Balaban J connectivity index is 2.59. The third-order valence-corrected chi connectivity index (χ3v) is 3.67. The van der Waals surface area contributed by atoms with Crippen LogP contribution in [0.4, 0.5) is 5.95 Å². The molecule has 20 heavy (non-hydrogen) atoms. The lowest BCUT2D eigenvalue weighted by Crippen LogP contribution is -2.25. The van der Waals surface area contributed by atoms with Crippen molar-refractivity contribution >= 4 is 17.7 Å². The first-order valence-electron chi connectivity index (χ1n) is 7.12. The summed E-state index contributed by atoms with van der Waals surface area (Å²) in [4.78, 5) is 15.2. The Labute approximate surface area is 125 Å². The second-order valence-corrected chi connectivity index (χ2v) is 5.29. The number of nitrogens with zero attached hydrogens (tertiary/aromatic N) is 4. The minimum Gasteiger partial charge on any atom is -0.467 e. The van der Waals surface area contributed by atoms with Crippen molar-refractivity contribution in [2.24, 2.45) is 0 Å². The van der Waals surface area contributed by atoms with E-state index in [0.717, 1.165) is 38.4 Å². The molecule has 0 amide bonds. The summed E-state index contributed by atoms with van der Waals surface area (Å²) in [5.74, 6) is 1.55. The van der Waals surface area contributed by atoms with Gasteiger partial charge >= 0.3 is 6.01 Å². The molecule has 0 saturated heterocycles. The fourth-order valence-electron chi connectivity index (χ4n) is 1.62. The van der Waals surface area contributed by atoms with E-state index in [4.69, 9.17) is 4.74 Å². The van der Waals surface area contributed by atoms with Crippen LogP contribution in [0.15, 0.2) is 5.16 Å². The highest BCUT2D eigenvalue weighted by Crippen LogP contribution is 2.17. The van der Waals surface area contributed by atoms with E-state index in [1.807, 2.05) is 0 Å². The van der Waals surface area contributed by atoms with Gasteiger partial charge in [0, 0.05) is 18.8 Å². The average molecular weight is 299 g/mol. The van der Waals surface area contributed by atoms with Crippen LogP contribution in [0.3, 0.4) is 0 Å². The quantitative estimate of drug-likeness (QED) is 0.664. The molecule has 1 aromatic heterocycles. The van der Waals surface area contributed by atoms with Gasteiger partial charge in [0.1, 0.15) is 0 Å². The van der Waals surface area contributed by atoms with Crippen molar-refractivity contribution in [3.05, 3.63) is 0 Å². The first-order valence-corrected chi connectivity index (χ1v) is 8.11. The Kier molecular flexibility index (Phi) is 8.29. The Morgan fingerprint density at radius 3 is 2.50 bits per heavy atom. The van der Waals surface area contributed by atoms with E-state index in [0.29, 0.717) is 17.1 Å². The third kappa shape index (κ3) is 5.92. The topological polar surface area (TPSA) is 63.2 Å². The lowest BCUT2D eigenvalue weighted by atomic mass is 10.5. The van der Waals surface area contributed by atoms with Gasteiger partial charge in [0.25, 0.3) is 0 Å². The highest BCUT2D eigenvalue weighted by atomic mass is 32.2. The predicted octanol–water partition coefficient (Wildman–Crippen LogP) is 2.14. The number of thioether (sulfide) groups is 1. The second kappa shape index (κ2) is 9.77. The van der Waals surface area contributed by atoms with Crippen molar-refractivity contribution in [3.63, 3.8) is 0 Å². The van der Waals surface area contributed by atoms with Crippen LogP contribution in [0.1, 0.15) is 27.2 Å². The lowest BCUT2D eigenvalue weighted by Gasteiger charge is -2.17. The molecule has 0 bridgehead atoms. The first kappa shape index (κ1) is 17.0. The van der Waals surface area contributed by atoms with Crippen LogP contribution >= 0.6 is 11.8 Å². The largest absolute Gasteiger partial charge is 0.467 e. The molecule has 0 atom stereocenters. The van der Waals surface area contributed by atoms with Crippen molar-refractivity contribution in [2.45, 2.75) is 32.3 Å².